The summed E-state index contributed by atoms with van der Waals surface area (Å²) in [5.74, 6) is 0.514. The molecule has 0 spiro atoms. The van der Waals surface area contributed by atoms with E-state index in [0.717, 1.165) is 16.6 Å². The van der Waals surface area contributed by atoms with Gasteiger partial charge in [0.05, 0.1) is 5.52 Å². The lowest BCUT2D eigenvalue weighted by atomic mass is 10.2. The topological polar surface area (TPSA) is 51.8 Å². The Morgan fingerprint density at radius 1 is 1.33 bits per heavy atom. The van der Waals surface area contributed by atoms with Gasteiger partial charge in [0.25, 0.3) is 0 Å². The number of fused-ring (bicyclic) bond motifs is 1. The Labute approximate surface area is 70.3 Å². The third kappa shape index (κ3) is 1.09. The number of anilines is 1. The van der Waals surface area contributed by atoms with Gasteiger partial charge in [0.2, 0.25) is 0 Å². The first kappa shape index (κ1) is 7.03. The maximum atomic E-state index is 5.52. The van der Waals surface area contributed by atoms with Crippen LogP contribution >= 0.6 is 0 Å². The summed E-state index contributed by atoms with van der Waals surface area (Å²) in [6.45, 7) is 1.95. The van der Waals surface area contributed by atoms with E-state index in [1.165, 1.54) is 0 Å². The normalized spacial score (nSPS) is 10.4. The molecule has 0 atom stereocenters. The van der Waals surface area contributed by atoms with E-state index in [4.69, 9.17) is 5.73 Å². The molecule has 0 aromatic carbocycles. The number of nitrogens with two attached hydrogens (primary N) is 1. The summed E-state index contributed by atoms with van der Waals surface area (Å²) in [7, 11) is 0. The number of pyridine rings is 2. The predicted octanol–water partition coefficient (Wildman–Crippen LogP) is 1.52. The van der Waals surface area contributed by atoms with Crippen molar-refractivity contribution in [2.24, 2.45) is 0 Å². The highest BCUT2D eigenvalue weighted by molar-refractivity contribution is 5.79. The van der Waals surface area contributed by atoms with Gasteiger partial charge in [-0.3, -0.25) is 4.98 Å². The summed E-state index contributed by atoms with van der Waals surface area (Å²) in [6, 6.07) is 5.73. The van der Waals surface area contributed by atoms with E-state index >= 15 is 0 Å². The maximum Gasteiger partial charge on any atom is 0.125 e. The third-order valence-electron chi connectivity index (χ3n) is 1.73. The molecule has 2 heterocycles. The van der Waals surface area contributed by atoms with Crippen molar-refractivity contribution in [1.29, 1.82) is 0 Å². The summed E-state index contributed by atoms with van der Waals surface area (Å²) in [6.07, 6.45) is 1.73. The lowest BCUT2D eigenvalue weighted by Gasteiger charge is -1.98. The highest BCUT2D eigenvalue weighted by Crippen LogP contribution is 2.12. The van der Waals surface area contributed by atoms with Gasteiger partial charge in [-0.15, -0.1) is 0 Å². The molecule has 0 saturated carbocycles. The van der Waals surface area contributed by atoms with Crippen LogP contribution in [0, 0.1) is 6.92 Å². The van der Waals surface area contributed by atoms with Crippen molar-refractivity contribution in [1.82, 2.24) is 9.97 Å². The molecule has 2 N–H and O–H groups in total. The van der Waals surface area contributed by atoms with Crippen molar-refractivity contribution in [3.8, 4) is 0 Å². The Hall–Kier alpha value is -1.64. The number of aromatic nitrogens is 2. The fourth-order valence-corrected chi connectivity index (χ4v) is 1.13. The number of aryl methyl sites for hydroxylation is 1. The fourth-order valence-electron chi connectivity index (χ4n) is 1.13. The molecule has 60 valence electrons. The zero-order chi connectivity index (χ0) is 8.55. The molecule has 0 saturated heterocycles. The quantitative estimate of drug-likeness (QED) is 0.634. The van der Waals surface area contributed by atoms with Gasteiger partial charge in [0, 0.05) is 23.3 Å². The average Bonchev–Trinajstić information content (AvgIpc) is 2.03. The van der Waals surface area contributed by atoms with Crippen LogP contribution in [-0.2, 0) is 0 Å². The molecule has 12 heavy (non-hydrogen) atoms. The molecule has 3 heteroatoms. The predicted molar refractivity (Wildman–Crippen MR) is 48.7 cm³/mol. The van der Waals surface area contributed by atoms with Crippen LogP contribution in [0.15, 0.2) is 24.4 Å². The standard InChI is InChI=1S/C9H9N3/c1-6-2-3-7-5-11-9(10)4-8(7)12-6/h2-5H,1H3,(H2,10,11). The molecule has 3 nitrogen and oxygen atoms in total. The summed E-state index contributed by atoms with van der Waals surface area (Å²) < 4.78 is 0. The average molecular weight is 159 g/mol. The summed E-state index contributed by atoms with van der Waals surface area (Å²) in [4.78, 5) is 8.29. The molecule has 0 radical (unpaired) electrons. The maximum absolute atomic E-state index is 5.52. The molecule has 0 unspecified atom stereocenters. The van der Waals surface area contributed by atoms with Crippen LogP contribution in [0.2, 0.25) is 0 Å². The Balaban J connectivity index is 2.80. The molecule has 2 rings (SSSR count). The van der Waals surface area contributed by atoms with E-state index in [2.05, 4.69) is 9.97 Å². The van der Waals surface area contributed by atoms with Crippen LogP contribution in [0.5, 0.6) is 0 Å². The van der Waals surface area contributed by atoms with E-state index in [9.17, 15) is 0 Å². The number of nitrogen functional groups attached to an aromatic ring is 1. The summed E-state index contributed by atoms with van der Waals surface area (Å²) >= 11 is 0. The Morgan fingerprint density at radius 3 is 3.00 bits per heavy atom. The van der Waals surface area contributed by atoms with Crippen LogP contribution in [0.4, 0.5) is 5.82 Å². The number of hydrogen-bond donors (Lipinski definition) is 1. The van der Waals surface area contributed by atoms with Gasteiger partial charge in [0.15, 0.2) is 0 Å². The zero-order valence-electron chi connectivity index (χ0n) is 6.78. The van der Waals surface area contributed by atoms with Crippen LogP contribution in [-0.4, -0.2) is 9.97 Å². The smallest absolute Gasteiger partial charge is 0.125 e. The second kappa shape index (κ2) is 2.44. The van der Waals surface area contributed by atoms with Crippen molar-refractivity contribution in [2.45, 2.75) is 6.92 Å². The monoisotopic (exact) mass is 159 g/mol. The number of rotatable bonds is 0. The van der Waals surface area contributed by atoms with Crippen molar-refractivity contribution >= 4 is 16.7 Å². The van der Waals surface area contributed by atoms with Crippen molar-refractivity contribution in [3.05, 3.63) is 30.1 Å². The van der Waals surface area contributed by atoms with Crippen LogP contribution in [0.25, 0.3) is 10.9 Å². The Morgan fingerprint density at radius 2 is 2.17 bits per heavy atom. The Bertz CT molecular complexity index is 386. The third-order valence-corrected chi connectivity index (χ3v) is 1.73. The largest absolute Gasteiger partial charge is 0.384 e. The van der Waals surface area contributed by atoms with E-state index in [0.29, 0.717) is 5.82 Å². The van der Waals surface area contributed by atoms with Gasteiger partial charge in [-0.05, 0) is 19.1 Å². The van der Waals surface area contributed by atoms with Gasteiger partial charge in [-0.25, -0.2) is 4.98 Å². The van der Waals surface area contributed by atoms with Crippen molar-refractivity contribution < 1.29 is 0 Å². The van der Waals surface area contributed by atoms with Crippen LogP contribution in [0.3, 0.4) is 0 Å². The minimum Gasteiger partial charge on any atom is -0.384 e. The molecule has 0 aliphatic heterocycles. The van der Waals surface area contributed by atoms with Crippen LogP contribution in [0.1, 0.15) is 5.69 Å². The second-order valence-electron chi connectivity index (χ2n) is 2.75. The first-order valence-electron chi connectivity index (χ1n) is 3.74. The van der Waals surface area contributed by atoms with Gasteiger partial charge in [0.1, 0.15) is 5.82 Å². The molecule has 0 amide bonds. The van der Waals surface area contributed by atoms with Gasteiger partial charge < -0.3 is 5.73 Å². The van der Waals surface area contributed by atoms with E-state index < -0.39 is 0 Å². The number of nitrogens with zero attached hydrogens (tertiary/aromatic N) is 2. The molecule has 0 aliphatic rings. The molecule has 2 aromatic rings. The van der Waals surface area contributed by atoms with Gasteiger partial charge in [-0.1, -0.05) is 0 Å². The lowest BCUT2D eigenvalue weighted by molar-refractivity contribution is 1.24. The highest BCUT2D eigenvalue weighted by Gasteiger charge is 1.95. The highest BCUT2D eigenvalue weighted by atomic mass is 14.8. The molecule has 2 aromatic heterocycles. The minimum absolute atomic E-state index is 0.514. The Kier molecular flexibility index (Phi) is 1.43. The van der Waals surface area contributed by atoms with Crippen LogP contribution < -0.4 is 5.73 Å². The van der Waals surface area contributed by atoms with E-state index in [-0.39, 0.29) is 0 Å². The molecule has 0 fully saturated rings. The second-order valence-corrected chi connectivity index (χ2v) is 2.75. The molecular formula is C9H9N3. The SMILES string of the molecule is Cc1ccc2cnc(N)cc2n1. The summed E-state index contributed by atoms with van der Waals surface area (Å²) in [5.41, 5.74) is 7.42. The first-order chi connectivity index (χ1) is 5.75. The van der Waals surface area contributed by atoms with Gasteiger partial charge >= 0.3 is 0 Å². The zero-order valence-corrected chi connectivity index (χ0v) is 6.78. The first-order valence-corrected chi connectivity index (χ1v) is 3.74. The van der Waals surface area contributed by atoms with Crippen molar-refractivity contribution in [3.63, 3.8) is 0 Å². The molecule has 0 aliphatic carbocycles. The van der Waals surface area contributed by atoms with E-state index in [1.807, 2.05) is 19.1 Å². The molecule has 0 bridgehead atoms. The van der Waals surface area contributed by atoms with E-state index in [1.54, 1.807) is 12.3 Å². The van der Waals surface area contributed by atoms with Crippen molar-refractivity contribution in [2.75, 3.05) is 5.73 Å². The molecular weight excluding hydrogens is 150 g/mol. The minimum atomic E-state index is 0.514. The summed E-state index contributed by atoms with van der Waals surface area (Å²) in [5, 5.41) is 1.02. The lowest BCUT2D eigenvalue weighted by Crippen LogP contribution is -1.90. The number of hydrogen-bond acceptors (Lipinski definition) is 3. The fraction of sp³-hybridized carbons (Fsp3) is 0.111. The van der Waals surface area contributed by atoms with Gasteiger partial charge in [-0.2, -0.15) is 0 Å².